The van der Waals surface area contributed by atoms with Gasteiger partial charge < -0.3 is 11.1 Å². The van der Waals surface area contributed by atoms with Crippen LogP contribution in [0.1, 0.15) is 32.4 Å². The summed E-state index contributed by atoms with van der Waals surface area (Å²) in [4.78, 5) is 11.9. The highest BCUT2D eigenvalue weighted by Crippen LogP contribution is 2.17. The molecule has 0 aliphatic heterocycles. The highest BCUT2D eigenvalue weighted by atomic mass is 19.1. The topological polar surface area (TPSA) is 55.1 Å². The van der Waals surface area contributed by atoms with Gasteiger partial charge in [0.15, 0.2) is 0 Å². The van der Waals surface area contributed by atoms with Gasteiger partial charge in [0.05, 0.1) is 11.5 Å². The molecule has 0 saturated carbocycles. The first-order chi connectivity index (χ1) is 7.86. The number of rotatable bonds is 4. The molecule has 0 spiro atoms. The van der Waals surface area contributed by atoms with Gasteiger partial charge in [0.2, 0.25) is 5.91 Å². The third kappa shape index (κ3) is 3.53. The van der Waals surface area contributed by atoms with Gasteiger partial charge in [-0.3, -0.25) is 4.79 Å². The second-order valence-corrected chi connectivity index (χ2v) is 4.83. The minimum absolute atomic E-state index is 0.100. The molecule has 1 aromatic rings. The van der Waals surface area contributed by atoms with Gasteiger partial charge in [-0.25, -0.2) is 4.39 Å². The van der Waals surface area contributed by atoms with Gasteiger partial charge in [-0.15, -0.1) is 0 Å². The van der Waals surface area contributed by atoms with Gasteiger partial charge in [0.25, 0.3) is 0 Å². The van der Waals surface area contributed by atoms with E-state index in [2.05, 4.69) is 5.32 Å². The summed E-state index contributed by atoms with van der Waals surface area (Å²) in [5.74, 6) is -0.383. The molecule has 0 radical (unpaired) electrons. The van der Waals surface area contributed by atoms with Crippen molar-refractivity contribution in [3.05, 3.63) is 35.6 Å². The fourth-order valence-electron chi connectivity index (χ4n) is 1.32. The molecule has 3 nitrogen and oxygen atoms in total. The molecule has 3 N–H and O–H groups in total. The van der Waals surface area contributed by atoms with Gasteiger partial charge in [0.1, 0.15) is 5.82 Å². The first-order valence-corrected chi connectivity index (χ1v) is 5.63. The van der Waals surface area contributed by atoms with Crippen LogP contribution in [0.4, 0.5) is 4.39 Å². The standard InChI is InChI=1S/C13H19FN2O/c1-9(10-4-6-11(14)7-5-10)16-12(17)13(2,3)8-15/h4-7,9H,8,15H2,1-3H3,(H,16,17)/t9-/m0/s1. The molecule has 0 bridgehead atoms. The fraction of sp³-hybridized carbons (Fsp3) is 0.462. The van der Waals surface area contributed by atoms with E-state index < -0.39 is 5.41 Å². The predicted molar refractivity (Wildman–Crippen MR) is 65.8 cm³/mol. The van der Waals surface area contributed by atoms with E-state index in [9.17, 15) is 9.18 Å². The van der Waals surface area contributed by atoms with E-state index in [-0.39, 0.29) is 24.3 Å². The molecule has 0 aliphatic carbocycles. The molecule has 1 amide bonds. The third-order valence-electron chi connectivity index (χ3n) is 2.84. The normalized spacial score (nSPS) is 13.2. The Bertz CT molecular complexity index is 387. The van der Waals surface area contributed by atoms with Gasteiger partial charge >= 0.3 is 0 Å². The second kappa shape index (κ2) is 5.27. The molecule has 1 aromatic carbocycles. The van der Waals surface area contributed by atoms with Crippen molar-refractivity contribution in [2.24, 2.45) is 11.1 Å². The van der Waals surface area contributed by atoms with Crippen molar-refractivity contribution in [1.29, 1.82) is 0 Å². The van der Waals surface area contributed by atoms with Gasteiger partial charge in [-0.1, -0.05) is 12.1 Å². The van der Waals surface area contributed by atoms with E-state index in [1.54, 1.807) is 26.0 Å². The molecule has 0 aliphatic rings. The monoisotopic (exact) mass is 238 g/mol. The molecule has 1 atom stereocenters. The summed E-state index contributed by atoms with van der Waals surface area (Å²) in [5, 5.41) is 2.87. The van der Waals surface area contributed by atoms with Crippen molar-refractivity contribution < 1.29 is 9.18 Å². The SMILES string of the molecule is C[C@H](NC(=O)C(C)(C)CN)c1ccc(F)cc1. The lowest BCUT2D eigenvalue weighted by atomic mass is 9.92. The van der Waals surface area contributed by atoms with E-state index in [0.29, 0.717) is 0 Å². The maximum atomic E-state index is 12.8. The van der Waals surface area contributed by atoms with Crippen LogP contribution in [0, 0.1) is 11.2 Å². The number of benzene rings is 1. The van der Waals surface area contributed by atoms with E-state index in [1.165, 1.54) is 12.1 Å². The van der Waals surface area contributed by atoms with Crippen LogP contribution in [-0.4, -0.2) is 12.5 Å². The molecule has 0 heterocycles. The van der Waals surface area contributed by atoms with Crippen LogP contribution >= 0.6 is 0 Å². The second-order valence-electron chi connectivity index (χ2n) is 4.83. The zero-order valence-electron chi connectivity index (χ0n) is 10.5. The number of halogens is 1. The lowest BCUT2D eigenvalue weighted by Crippen LogP contribution is -2.42. The van der Waals surface area contributed by atoms with Gasteiger partial charge in [-0.05, 0) is 38.5 Å². The van der Waals surface area contributed by atoms with E-state index in [1.807, 2.05) is 6.92 Å². The van der Waals surface area contributed by atoms with Crippen LogP contribution in [0.3, 0.4) is 0 Å². The zero-order valence-corrected chi connectivity index (χ0v) is 10.5. The van der Waals surface area contributed by atoms with Gasteiger partial charge in [0, 0.05) is 6.54 Å². The molecular weight excluding hydrogens is 219 g/mol. The Morgan fingerprint density at radius 3 is 2.41 bits per heavy atom. The Balaban J connectivity index is 2.70. The number of amides is 1. The van der Waals surface area contributed by atoms with Crippen molar-refractivity contribution in [1.82, 2.24) is 5.32 Å². The first-order valence-electron chi connectivity index (χ1n) is 5.63. The van der Waals surface area contributed by atoms with Crippen molar-refractivity contribution in [2.45, 2.75) is 26.8 Å². The smallest absolute Gasteiger partial charge is 0.227 e. The average Bonchev–Trinajstić information content (AvgIpc) is 2.29. The first kappa shape index (κ1) is 13.6. The summed E-state index contributed by atoms with van der Waals surface area (Å²) in [6, 6.07) is 5.93. The van der Waals surface area contributed by atoms with Gasteiger partial charge in [-0.2, -0.15) is 0 Å². The summed E-state index contributed by atoms with van der Waals surface area (Å²) < 4.78 is 12.8. The average molecular weight is 238 g/mol. The Kier molecular flexibility index (Phi) is 4.23. The number of hydrogen-bond acceptors (Lipinski definition) is 2. The Hall–Kier alpha value is -1.42. The van der Waals surface area contributed by atoms with Crippen LogP contribution in [0.25, 0.3) is 0 Å². The van der Waals surface area contributed by atoms with Crippen molar-refractivity contribution in [3.8, 4) is 0 Å². The Morgan fingerprint density at radius 2 is 1.94 bits per heavy atom. The van der Waals surface area contributed by atoms with E-state index in [4.69, 9.17) is 5.73 Å². The highest BCUT2D eigenvalue weighted by molar-refractivity contribution is 5.82. The number of carbonyl (C=O) groups excluding carboxylic acids is 1. The van der Waals surface area contributed by atoms with E-state index in [0.717, 1.165) is 5.56 Å². The van der Waals surface area contributed by atoms with Crippen molar-refractivity contribution in [3.63, 3.8) is 0 Å². The number of nitrogens with two attached hydrogens (primary N) is 1. The van der Waals surface area contributed by atoms with E-state index >= 15 is 0 Å². The molecule has 4 heteroatoms. The zero-order chi connectivity index (χ0) is 13.1. The summed E-state index contributed by atoms with van der Waals surface area (Å²) in [6.07, 6.45) is 0. The summed E-state index contributed by atoms with van der Waals surface area (Å²) in [5.41, 5.74) is 5.81. The molecule has 94 valence electrons. The lowest BCUT2D eigenvalue weighted by Gasteiger charge is -2.24. The maximum absolute atomic E-state index is 12.8. The molecule has 0 saturated heterocycles. The Labute approximate surface area is 101 Å². The Morgan fingerprint density at radius 1 is 1.41 bits per heavy atom. The molecule has 17 heavy (non-hydrogen) atoms. The molecule has 0 fully saturated rings. The maximum Gasteiger partial charge on any atom is 0.227 e. The number of hydrogen-bond donors (Lipinski definition) is 2. The molecular formula is C13H19FN2O. The molecule has 0 unspecified atom stereocenters. The molecule has 0 aromatic heterocycles. The quantitative estimate of drug-likeness (QED) is 0.842. The van der Waals surface area contributed by atoms with Crippen LogP contribution in [0.5, 0.6) is 0 Å². The number of carbonyl (C=O) groups is 1. The summed E-state index contributed by atoms with van der Waals surface area (Å²) >= 11 is 0. The summed E-state index contributed by atoms with van der Waals surface area (Å²) in [7, 11) is 0. The van der Waals surface area contributed by atoms with Crippen molar-refractivity contribution in [2.75, 3.05) is 6.54 Å². The largest absolute Gasteiger partial charge is 0.349 e. The minimum atomic E-state index is -0.589. The van der Waals surface area contributed by atoms with Crippen LogP contribution in [0.15, 0.2) is 24.3 Å². The third-order valence-corrected chi connectivity index (χ3v) is 2.84. The predicted octanol–water partition coefficient (Wildman–Crippen LogP) is 1.99. The fourth-order valence-corrected chi connectivity index (χ4v) is 1.32. The van der Waals surface area contributed by atoms with Crippen molar-refractivity contribution >= 4 is 5.91 Å². The summed E-state index contributed by atoms with van der Waals surface area (Å²) in [6.45, 7) is 5.73. The van der Waals surface area contributed by atoms with Crippen LogP contribution in [0.2, 0.25) is 0 Å². The van der Waals surface area contributed by atoms with Crippen LogP contribution in [-0.2, 0) is 4.79 Å². The molecule has 1 rings (SSSR count). The van der Waals surface area contributed by atoms with Crippen LogP contribution < -0.4 is 11.1 Å². The minimum Gasteiger partial charge on any atom is -0.349 e. The number of nitrogens with one attached hydrogen (secondary N) is 1. The highest BCUT2D eigenvalue weighted by Gasteiger charge is 2.26. The lowest BCUT2D eigenvalue weighted by molar-refractivity contribution is -0.129.